The van der Waals surface area contributed by atoms with Gasteiger partial charge >= 0.3 is 0 Å². The highest BCUT2D eigenvalue weighted by molar-refractivity contribution is 4.35. The molecule has 0 spiro atoms. The van der Waals surface area contributed by atoms with Crippen molar-refractivity contribution in [3.63, 3.8) is 0 Å². The molecule has 1 rings (SSSR count). The minimum Gasteiger partial charge on any atom is -0.412 e. The van der Waals surface area contributed by atoms with Gasteiger partial charge in [-0.2, -0.15) is 0 Å². The molecule has 0 unspecified atom stereocenters. The number of hydrogen-bond acceptors (Lipinski definition) is 4. The Labute approximate surface area is 50.7 Å². The Morgan fingerprint density at radius 1 is 0.556 bits per heavy atom. The first-order valence-corrected chi connectivity index (χ1v) is 1.43. The lowest BCUT2D eigenvalue weighted by Gasteiger charge is -1.68. The Bertz CT molecular complexity index is 85.7. The molecular formula is C2H8N4O3. The summed E-state index contributed by atoms with van der Waals surface area (Å²) in [5, 5.41) is 13.4. The zero-order valence-corrected chi connectivity index (χ0v) is 4.44. The SMILES string of the molecule is O.O.O.c1nncnn1. The van der Waals surface area contributed by atoms with Crippen molar-refractivity contribution in [1.82, 2.24) is 20.4 Å². The van der Waals surface area contributed by atoms with Crippen LogP contribution in [0.3, 0.4) is 0 Å². The fourth-order valence-electron chi connectivity index (χ4n) is 0.165. The first kappa shape index (κ1) is 15.7. The molecule has 0 bridgehead atoms. The fourth-order valence-corrected chi connectivity index (χ4v) is 0.165. The zero-order chi connectivity index (χ0) is 4.24. The van der Waals surface area contributed by atoms with Gasteiger partial charge in [0.2, 0.25) is 0 Å². The fraction of sp³-hybridized carbons (Fsp3) is 0. The summed E-state index contributed by atoms with van der Waals surface area (Å²) in [5.41, 5.74) is 0. The third-order valence-corrected chi connectivity index (χ3v) is 0.340. The molecule has 0 amide bonds. The molecule has 1 heterocycles. The van der Waals surface area contributed by atoms with Gasteiger partial charge in [-0.3, -0.25) is 0 Å². The summed E-state index contributed by atoms with van der Waals surface area (Å²) < 4.78 is 0. The molecule has 0 saturated heterocycles. The highest BCUT2D eigenvalue weighted by Gasteiger charge is 1.61. The van der Waals surface area contributed by atoms with Crippen molar-refractivity contribution in [2.75, 3.05) is 0 Å². The van der Waals surface area contributed by atoms with Gasteiger partial charge in [-0.25, -0.2) is 0 Å². The van der Waals surface area contributed by atoms with E-state index in [0.29, 0.717) is 0 Å². The van der Waals surface area contributed by atoms with Crippen LogP contribution in [-0.4, -0.2) is 36.8 Å². The zero-order valence-electron chi connectivity index (χ0n) is 4.44. The summed E-state index contributed by atoms with van der Waals surface area (Å²) in [4.78, 5) is 0. The van der Waals surface area contributed by atoms with Crippen LogP contribution in [0.25, 0.3) is 0 Å². The molecule has 0 radical (unpaired) electrons. The Morgan fingerprint density at radius 3 is 0.889 bits per heavy atom. The number of aromatic nitrogens is 4. The molecule has 7 heteroatoms. The molecular weight excluding hydrogens is 128 g/mol. The first-order valence-electron chi connectivity index (χ1n) is 1.43. The lowest BCUT2D eigenvalue weighted by atomic mass is 11.3. The van der Waals surface area contributed by atoms with E-state index in [-0.39, 0.29) is 16.4 Å². The van der Waals surface area contributed by atoms with Crippen molar-refractivity contribution in [2.45, 2.75) is 0 Å². The molecule has 0 aliphatic carbocycles. The van der Waals surface area contributed by atoms with E-state index in [0.717, 1.165) is 0 Å². The van der Waals surface area contributed by atoms with Gasteiger partial charge in [-0.05, 0) is 0 Å². The smallest absolute Gasteiger partial charge is 0.160 e. The molecule has 0 aromatic carbocycles. The number of hydrogen-bond donors (Lipinski definition) is 0. The highest BCUT2D eigenvalue weighted by atomic mass is 16.0. The minimum absolute atomic E-state index is 0. The van der Waals surface area contributed by atoms with Crippen molar-refractivity contribution in [2.24, 2.45) is 0 Å². The normalized spacial score (nSPS) is 5.33. The molecule has 0 fully saturated rings. The molecule has 6 N–H and O–H groups in total. The van der Waals surface area contributed by atoms with E-state index in [1.165, 1.54) is 12.7 Å². The molecule has 0 saturated carbocycles. The van der Waals surface area contributed by atoms with E-state index >= 15 is 0 Å². The maximum Gasteiger partial charge on any atom is 0.160 e. The second-order valence-electron chi connectivity index (χ2n) is 0.693. The second-order valence-corrected chi connectivity index (χ2v) is 0.693. The standard InChI is InChI=1S/C2H2N4.3H2O/c1-3-5-2-6-4-1;;;/h1-2H;3*1H2. The maximum atomic E-state index is 3.36. The van der Waals surface area contributed by atoms with E-state index in [1.807, 2.05) is 0 Å². The number of rotatable bonds is 0. The molecule has 7 nitrogen and oxygen atoms in total. The van der Waals surface area contributed by atoms with E-state index < -0.39 is 0 Å². The Hall–Kier alpha value is -1.18. The predicted molar refractivity (Wildman–Crippen MR) is 28.5 cm³/mol. The van der Waals surface area contributed by atoms with Crippen LogP contribution in [-0.2, 0) is 0 Å². The Kier molecular flexibility index (Phi) is 17.3. The van der Waals surface area contributed by atoms with Crippen molar-refractivity contribution < 1.29 is 16.4 Å². The van der Waals surface area contributed by atoms with Crippen molar-refractivity contribution in [3.05, 3.63) is 12.7 Å². The maximum absolute atomic E-state index is 3.36. The van der Waals surface area contributed by atoms with Crippen molar-refractivity contribution in [3.8, 4) is 0 Å². The van der Waals surface area contributed by atoms with E-state index in [4.69, 9.17) is 0 Å². The lowest BCUT2D eigenvalue weighted by molar-refractivity contribution is 0.823. The monoisotopic (exact) mass is 136 g/mol. The van der Waals surface area contributed by atoms with Gasteiger partial charge in [0.25, 0.3) is 0 Å². The van der Waals surface area contributed by atoms with Gasteiger partial charge in [0.05, 0.1) is 0 Å². The first-order chi connectivity index (χ1) is 3.00. The summed E-state index contributed by atoms with van der Waals surface area (Å²) in [6, 6.07) is 0. The van der Waals surface area contributed by atoms with Crippen LogP contribution in [0.1, 0.15) is 0 Å². The van der Waals surface area contributed by atoms with Gasteiger partial charge in [-0.1, -0.05) is 0 Å². The van der Waals surface area contributed by atoms with Gasteiger partial charge in [-0.15, -0.1) is 20.4 Å². The van der Waals surface area contributed by atoms with Gasteiger partial charge in [0.15, 0.2) is 12.7 Å². The van der Waals surface area contributed by atoms with Crippen LogP contribution in [0, 0.1) is 0 Å². The summed E-state index contributed by atoms with van der Waals surface area (Å²) in [7, 11) is 0. The number of nitrogens with zero attached hydrogens (tertiary/aromatic N) is 4. The molecule has 0 aliphatic heterocycles. The molecule has 9 heavy (non-hydrogen) atoms. The van der Waals surface area contributed by atoms with Crippen molar-refractivity contribution >= 4 is 0 Å². The van der Waals surface area contributed by atoms with Crippen LogP contribution < -0.4 is 0 Å². The van der Waals surface area contributed by atoms with Gasteiger partial charge < -0.3 is 16.4 Å². The van der Waals surface area contributed by atoms with E-state index in [1.54, 1.807) is 0 Å². The molecule has 0 aliphatic rings. The van der Waals surface area contributed by atoms with E-state index in [9.17, 15) is 0 Å². The van der Waals surface area contributed by atoms with Crippen molar-refractivity contribution in [1.29, 1.82) is 0 Å². The molecule has 1 aromatic rings. The summed E-state index contributed by atoms with van der Waals surface area (Å²) in [6.45, 7) is 0. The van der Waals surface area contributed by atoms with Crippen LogP contribution in [0.2, 0.25) is 0 Å². The largest absolute Gasteiger partial charge is 0.412 e. The van der Waals surface area contributed by atoms with Crippen LogP contribution >= 0.6 is 0 Å². The minimum atomic E-state index is 0. The molecule has 0 atom stereocenters. The average Bonchev–Trinajstić information content (AvgIpc) is 1.72. The Balaban J connectivity index is -0.000000120. The highest BCUT2D eigenvalue weighted by Crippen LogP contribution is 1.50. The summed E-state index contributed by atoms with van der Waals surface area (Å²) >= 11 is 0. The summed E-state index contributed by atoms with van der Waals surface area (Å²) in [6.07, 6.45) is 2.56. The topological polar surface area (TPSA) is 146 Å². The summed E-state index contributed by atoms with van der Waals surface area (Å²) in [5.74, 6) is 0. The van der Waals surface area contributed by atoms with Crippen LogP contribution in [0.5, 0.6) is 0 Å². The predicted octanol–water partition coefficient (Wildman–Crippen LogP) is -3.21. The molecule has 54 valence electrons. The van der Waals surface area contributed by atoms with Crippen LogP contribution in [0.4, 0.5) is 0 Å². The second kappa shape index (κ2) is 9.94. The molecule has 1 aromatic heterocycles. The average molecular weight is 136 g/mol. The third kappa shape index (κ3) is 6.82. The third-order valence-electron chi connectivity index (χ3n) is 0.340. The van der Waals surface area contributed by atoms with Gasteiger partial charge in [0, 0.05) is 0 Å². The van der Waals surface area contributed by atoms with Gasteiger partial charge in [0.1, 0.15) is 0 Å². The Morgan fingerprint density at radius 2 is 0.778 bits per heavy atom. The lowest BCUT2D eigenvalue weighted by Crippen LogP contribution is -1.81. The quantitative estimate of drug-likeness (QED) is 0.369. The van der Waals surface area contributed by atoms with E-state index in [2.05, 4.69) is 20.4 Å². The van der Waals surface area contributed by atoms with Crippen LogP contribution in [0.15, 0.2) is 12.7 Å².